The molecule has 4 heteroatoms. The predicted octanol–water partition coefficient (Wildman–Crippen LogP) is 2.02. The van der Waals surface area contributed by atoms with Crippen LogP contribution in [0.1, 0.15) is 41.6 Å². The highest BCUT2D eigenvalue weighted by Gasteiger charge is 2.34. The van der Waals surface area contributed by atoms with E-state index in [4.69, 9.17) is 4.74 Å². The second-order valence-corrected chi connectivity index (χ2v) is 5.96. The third-order valence-electron chi connectivity index (χ3n) is 4.48. The molecule has 2 N–H and O–H groups in total. The first-order chi connectivity index (χ1) is 9.65. The van der Waals surface area contributed by atoms with Gasteiger partial charge in [0.1, 0.15) is 5.75 Å². The molecule has 0 aliphatic carbocycles. The van der Waals surface area contributed by atoms with Crippen molar-refractivity contribution >= 4 is 5.91 Å². The molecule has 0 saturated carbocycles. The van der Waals surface area contributed by atoms with Gasteiger partial charge < -0.3 is 15.4 Å². The normalized spacial score (nSPS) is 28.2. The molecule has 2 unspecified atom stereocenters. The Morgan fingerprint density at radius 2 is 2.00 bits per heavy atom. The zero-order valence-corrected chi connectivity index (χ0v) is 12.1. The molecule has 4 nitrogen and oxygen atoms in total. The molecule has 2 atom stereocenters. The Morgan fingerprint density at radius 3 is 2.65 bits per heavy atom. The van der Waals surface area contributed by atoms with Gasteiger partial charge in [0.2, 0.25) is 0 Å². The first-order valence-electron chi connectivity index (χ1n) is 7.37. The fourth-order valence-corrected chi connectivity index (χ4v) is 3.41. The van der Waals surface area contributed by atoms with E-state index in [0.29, 0.717) is 23.7 Å². The van der Waals surface area contributed by atoms with E-state index in [0.717, 1.165) is 24.2 Å². The van der Waals surface area contributed by atoms with Crippen LogP contribution < -0.4 is 15.4 Å². The Morgan fingerprint density at radius 1 is 1.30 bits per heavy atom. The number of amides is 1. The summed E-state index contributed by atoms with van der Waals surface area (Å²) >= 11 is 0. The molecule has 3 rings (SSSR count). The molecule has 1 amide bonds. The van der Waals surface area contributed by atoms with Crippen LogP contribution in [0.2, 0.25) is 0 Å². The first-order valence-corrected chi connectivity index (χ1v) is 7.37. The minimum Gasteiger partial charge on any atom is -0.496 e. The highest BCUT2D eigenvalue weighted by Crippen LogP contribution is 2.27. The Balaban J connectivity index is 1.67. The van der Waals surface area contributed by atoms with Crippen molar-refractivity contribution in [3.63, 3.8) is 0 Å². The summed E-state index contributed by atoms with van der Waals surface area (Å²) in [5.74, 6) is 0.776. The number of benzene rings is 1. The number of carbonyl (C=O) groups is 1. The van der Waals surface area contributed by atoms with Gasteiger partial charge in [0.15, 0.2) is 0 Å². The molecule has 1 aromatic rings. The average molecular weight is 274 g/mol. The number of aryl methyl sites for hydroxylation is 1. The minimum absolute atomic E-state index is 0.00889. The largest absolute Gasteiger partial charge is 0.496 e. The Bertz CT molecular complexity index is 503. The van der Waals surface area contributed by atoms with E-state index in [1.807, 2.05) is 25.1 Å². The topological polar surface area (TPSA) is 50.4 Å². The zero-order chi connectivity index (χ0) is 14.1. The van der Waals surface area contributed by atoms with E-state index < -0.39 is 0 Å². The molecule has 2 saturated heterocycles. The lowest BCUT2D eigenvalue weighted by atomic mass is 9.99. The van der Waals surface area contributed by atoms with Crippen molar-refractivity contribution in [1.29, 1.82) is 0 Å². The van der Waals surface area contributed by atoms with Gasteiger partial charge in [-0.05, 0) is 50.3 Å². The van der Waals surface area contributed by atoms with Crippen molar-refractivity contribution < 1.29 is 9.53 Å². The standard InChI is InChI=1S/C16H22N2O2/c1-10-3-4-11(7-15(10)20-2)16(19)18-14-8-12-5-6-13(9-14)17-12/h3-4,7,12-14,17H,5-6,8-9H2,1-2H3,(H,18,19). The van der Waals surface area contributed by atoms with Gasteiger partial charge in [-0.1, -0.05) is 6.07 Å². The fourth-order valence-electron chi connectivity index (χ4n) is 3.41. The molecule has 0 radical (unpaired) electrons. The van der Waals surface area contributed by atoms with Crippen LogP contribution in [0, 0.1) is 6.92 Å². The highest BCUT2D eigenvalue weighted by molar-refractivity contribution is 5.94. The summed E-state index contributed by atoms with van der Waals surface area (Å²) in [5, 5.41) is 6.76. The van der Waals surface area contributed by atoms with E-state index >= 15 is 0 Å². The van der Waals surface area contributed by atoms with E-state index in [1.165, 1.54) is 12.8 Å². The number of piperidine rings is 1. The van der Waals surface area contributed by atoms with Crippen molar-refractivity contribution in [2.75, 3.05) is 7.11 Å². The molecule has 0 spiro atoms. The van der Waals surface area contributed by atoms with Gasteiger partial charge in [0.05, 0.1) is 7.11 Å². The number of carbonyl (C=O) groups excluding carboxylic acids is 1. The number of hydrogen-bond acceptors (Lipinski definition) is 3. The molecule has 108 valence electrons. The van der Waals surface area contributed by atoms with Crippen LogP contribution in [0.5, 0.6) is 5.75 Å². The van der Waals surface area contributed by atoms with Crippen LogP contribution in [0.3, 0.4) is 0 Å². The van der Waals surface area contributed by atoms with Crippen LogP contribution in [0.25, 0.3) is 0 Å². The summed E-state index contributed by atoms with van der Waals surface area (Å²) in [6.07, 6.45) is 4.58. The van der Waals surface area contributed by atoms with Crippen molar-refractivity contribution in [1.82, 2.24) is 10.6 Å². The van der Waals surface area contributed by atoms with Crippen molar-refractivity contribution in [2.24, 2.45) is 0 Å². The molecular formula is C16H22N2O2. The summed E-state index contributed by atoms with van der Waals surface area (Å²) in [4.78, 5) is 12.3. The number of nitrogens with one attached hydrogen (secondary N) is 2. The van der Waals surface area contributed by atoms with Crippen LogP contribution in [0.4, 0.5) is 0 Å². The van der Waals surface area contributed by atoms with Gasteiger partial charge in [-0.2, -0.15) is 0 Å². The van der Waals surface area contributed by atoms with Crippen LogP contribution in [0.15, 0.2) is 18.2 Å². The molecular weight excluding hydrogens is 252 g/mol. The van der Waals surface area contributed by atoms with Gasteiger partial charge in [0.25, 0.3) is 5.91 Å². The van der Waals surface area contributed by atoms with Crippen molar-refractivity contribution in [3.8, 4) is 5.75 Å². The lowest BCUT2D eigenvalue weighted by Crippen LogP contribution is -2.48. The monoisotopic (exact) mass is 274 g/mol. The van der Waals surface area contributed by atoms with E-state index in [-0.39, 0.29) is 5.91 Å². The highest BCUT2D eigenvalue weighted by atomic mass is 16.5. The maximum Gasteiger partial charge on any atom is 0.251 e. The number of hydrogen-bond donors (Lipinski definition) is 2. The quantitative estimate of drug-likeness (QED) is 0.886. The molecule has 2 fully saturated rings. The van der Waals surface area contributed by atoms with Gasteiger partial charge >= 0.3 is 0 Å². The summed E-state index contributed by atoms with van der Waals surface area (Å²) < 4.78 is 5.28. The number of rotatable bonds is 3. The fraction of sp³-hybridized carbons (Fsp3) is 0.562. The SMILES string of the molecule is COc1cc(C(=O)NC2CC3CCC(C2)N3)ccc1C. The van der Waals surface area contributed by atoms with Crippen LogP contribution in [-0.4, -0.2) is 31.1 Å². The Labute approximate surface area is 119 Å². The Hall–Kier alpha value is -1.55. The maximum atomic E-state index is 12.3. The molecule has 2 bridgehead atoms. The third kappa shape index (κ3) is 2.66. The summed E-state index contributed by atoms with van der Waals surface area (Å²) in [7, 11) is 1.63. The number of fused-ring (bicyclic) bond motifs is 2. The second kappa shape index (κ2) is 5.44. The molecule has 2 aliphatic heterocycles. The lowest BCUT2D eigenvalue weighted by molar-refractivity contribution is 0.0923. The molecule has 20 heavy (non-hydrogen) atoms. The molecule has 2 heterocycles. The maximum absolute atomic E-state index is 12.3. The van der Waals surface area contributed by atoms with E-state index in [1.54, 1.807) is 7.11 Å². The lowest BCUT2D eigenvalue weighted by Gasteiger charge is -2.29. The zero-order valence-electron chi connectivity index (χ0n) is 12.1. The predicted molar refractivity (Wildman–Crippen MR) is 78.2 cm³/mol. The van der Waals surface area contributed by atoms with E-state index in [2.05, 4.69) is 10.6 Å². The molecule has 1 aromatic carbocycles. The van der Waals surface area contributed by atoms with Crippen LogP contribution >= 0.6 is 0 Å². The van der Waals surface area contributed by atoms with Crippen LogP contribution in [-0.2, 0) is 0 Å². The minimum atomic E-state index is 0.00889. The van der Waals surface area contributed by atoms with Gasteiger partial charge in [-0.25, -0.2) is 0 Å². The smallest absolute Gasteiger partial charge is 0.251 e. The van der Waals surface area contributed by atoms with Gasteiger partial charge in [0, 0.05) is 23.7 Å². The third-order valence-corrected chi connectivity index (χ3v) is 4.48. The summed E-state index contributed by atoms with van der Waals surface area (Å²) in [6, 6.07) is 7.09. The van der Waals surface area contributed by atoms with E-state index in [9.17, 15) is 4.79 Å². The van der Waals surface area contributed by atoms with Crippen molar-refractivity contribution in [2.45, 2.75) is 50.7 Å². The number of ether oxygens (including phenoxy) is 1. The number of methoxy groups -OCH3 is 1. The van der Waals surface area contributed by atoms with Gasteiger partial charge in [-0.3, -0.25) is 4.79 Å². The average Bonchev–Trinajstić information content (AvgIpc) is 2.78. The summed E-state index contributed by atoms with van der Waals surface area (Å²) in [6.45, 7) is 1.98. The van der Waals surface area contributed by atoms with Crippen molar-refractivity contribution in [3.05, 3.63) is 29.3 Å². The Kier molecular flexibility index (Phi) is 3.66. The molecule has 0 aromatic heterocycles. The molecule has 2 aliphatic rings. The summed E-state index contributed by atoms with van der Waals surface area (Å²) in [5.41, 5.74) is 1.72. The van der Waals surface area contributed by atoms with Gasteiger partial charge in [-0.15, -0.1) is 0 Å². The first kappa shape index (κ1) is 13.4. The second-order valence-electron chi connectivity index (χ2n) is 5.96.